The molecule has 0 fully saturated rings. The van der Waals surface area contributed by atoms with Crippen LogP contribution in [0.25, 0.3) is 10.9 Å². The van der Waals surface area contributed by atoms with E-state index in [1.54, 1.807) is 10.6 Å². The first-order chi connectivity index (χ1) is 13.0. The number of hydrogen-bond donors (Lipinski definition) is 1. The van der Waals surface area contributed by atoms with Gasteiger partial charge in [0.15, 0.2) is 5.76 Å². The molecule has 0 spiro atoms. The Morgan fingerprint density at radius 2 is 2.11 bits per heavy atom. The molecule has 0 saturated carbocycles. The fraction of sp³-hybridized carbons (Fsp3) is 0.400. The smallest absolute Gasteiger partial charge is 0.261 e. The summed E-state index contributed by atoms with van der Waals surface area (Å²) < 4.78 is 6.77. The second-order valence-electron chi connectivity index (χ2n) is 7.02. The minimum Gasteiger partial charge on any atom is -0.359 e. The van der Waals surface area contributed by atoms with Crippen molar-refractivity contribution in [1.29, 1.82) is 0 Å². The minimum absolute atomic E-state index is 0.0830. The van der Waals surface area contributed by atoms with Crippen LogP contribution in [0.1, 0.15) is 38.1 Å². The van der Waals surface area contributed by atoms with Crippen molar-refractivity contribution in [1.82, 2.24) is 20.0 Å². The molecule has 7 nitrogen and oxygen atoms in total. The Balaban J connectivity index is 1.46. The first-order valence-electron chi connectivity index (χ1n) is 9.18. The summed E-state index contributed by atoms with van der Waals surface area (Å²) in [5.74, 6) is 1.07. The van der Waals surface area contributed by atoms with Gasteiger partial charge in [0.2, 0.25) is 5.91 Å². The van der Waals surface area contributed by atoms with Gasteiger partial charge in [0.25, 0.3) is 5.56 Å². The number of nitrogens with zero attached hydrogens (tertiary/aromatic N) is 3. The molecule has 0 aliphatic carbocycles. The number of fused-ring (bicyclic) bond motifs is 1. The molecule has 2 heterocycles. The van der Waals surface area contributed by atoms with E-state index >= 15 is 0 Å². The van der Waals surface area contributed by atoms with Crippen LogP contribution in [0.3, 0.4) is 0 Å². The largest absolute Gasteiger partial charge is 0.359 e. The molecule has 2 aromatic heterocycles. The summed E-state index contributed by atoms with van der Waals surface area (Å²) in [7, 11) is 0. The molecule has 1 aromatic carbocycles. The quantitative estimate of drug-likeness (QED) is 0.660. The van der Waals surface area contributed by atoms with E-state index in [0.717, 1.165) is 12.1 Å². The Kier molecular flexibility index (Phi) is 6.01. The van der Waals surface area contributed by atoms with Gasteiger partial charge >= 0.3 is 0 Å². The highest BCUT2D eigenvalue weighted by Crippen LogP contribution is 2.09. The molecule has 0 atom stereocenters. The Morgan fingerprint density at radius 1 is 1.30 bits per heavy atom. The number of aromatic nitrogens is 3. The molecule has 0 aliphatic rings. The normalized spacial score (nSPS) is 11.2. The number of carbonyl (C=O) groups excluding carboxylic acids is 1. The highest BCUT2D eigenvalue weighted by Gasteiger charge is 2.09. The molecule has 1 N–H and O–H groups in total. The lowest BCUT2D eigenvalue weighted by Gasteiger charge is -2.07. The molecule has 0 saturated heterocycles. The van der Waals surface area contributed by atoms with E-state index in [1.807, 2.05) is 24.3 Å². The maximum atomic E-state index is 12.4. The number of rotatable bonds is 8. The van der Waals surface area contributed by atoms with Crippen molar-refractivity contribution in [2.24, 2.45) is 5.92 Å². The number of nitrogens with one attached hydrogen (secondary N) is 1. The molecule has 3 aromatic rings. The zero-order valence-corrected chi connectivity index (χ0v) is 15.6. The second kappa shape index (κ2) is 8.62. The van der Waals surface area contributed by atoms with Gasteiger partial charge in [-0.2, -0.15) is 0 Å². The molecule has 0 aliphatic heterocycles. The first kappa shape index (κ1) is 18.8. The molecule has 142 valence electrons. The van der Waals surface area contributed by atoms with Crippen molar-refractivity contribution >= 4 is 16.8 Å². The Labute approximate surface area is 157 Å². The van der Waals surface area contributed by atoms with E-state index in [0.29, 0.717) is 48.5 Å². The summed E-state index contributed by atoms with van der Waals surface area (Å²) in [6, 6.07) is 9.12. The fourth-order valence-corrected chi connectivity index (χ4v) is 2.90. The van der Waals surface area contributed by atoms with E-state index in [1.165, 1.54) is 6.33 Å². The van der Waals surface area contributed by atoms with E-state index in [9.17, 15) is 9.59 Å². The Morgan fingerprint density at radius 3 is 2.93 bits per heavy atom. The molecule has 0 bridgehead atoms. The molecule has 1 amide bonds. The lowest BCUT2D eigenvalue weighted by atomic mass is 10.1. The van der Waals surface area contributed by atoms with Gasteiger partial charge in [-0.15, -0.1) is 0 Å². The van der Waals surface area contributed by atoms with E-state index < -0.39 is 0 Å². The molecule has 7 heteroatoms. The summed E-state index contributed by atoms with van der Waals surface area (Å²) in [5, 5.41) is 7.41. The van der Waals surface area contributed by atoms with Crippen molar-refractivity contribution in [2.45, 2.75) is 46.2 Å². The van der Waals surface area contributed by atoms with Gasteiger partial charge < -0.3 is 9.84 Å². The highest BCUT2D eigenvalue weighted by atomic mass is 16.5. The molecule has 0 radical (unpaired) electrons. The molecule has 0 unspecified atom stereocenters. The topological polar surface area (TPSA) is 90.0 Å². The lowest BCUT2D eigenvalue weighted by Crippen LogP contribution is -2.24. The van der Waals surface area contributed by atoms with Crippen molar-refractivity contribution in [3.05, 3.63) is 58.5 Å². The number of hydrogen-bond acceptors (Lipinski definition) is 5. The maximum Gasteiger partial charge on any atom is 0.261 e. The van der Waals surface area contributed by atoms with E-state index in [2.05, 4.69) is 29.3 Å². The highest BCUT2D eigenvalue weighted by molar-refractivity contribution is 5.77. The van der Waals surface area contributed by atoms with Gasteiger partial charge in [-0.25, -0.2) is 4.98 Å². The van der Waals surface area contributed by atoms with Crippen LogP contribution in [0.2, 0.25) is 0 Å². The second-order valence-corrected chi connectivity index (χ2v) is 7.02. The lowest BCUT2D eigenvalue weighted by molar-refractivity contribution is -0.121. The van der Waals surface area contributed by atoms with E-state index in [4.69, 9.17) is 4.52 Å². The predicted molar refractivity (Wildman–Crippen MR) is 102 cm³/mol. The monoisotopic (exact) mass is 368 g/mol. The third-order valence-corrected chi connectivity index (χ3v) is 4.22. The van der Waals surface area contributed by atoms with Gasteiger partial charge in [-0.05, 0) is 30.9 Å². The number of para-hydroxylation sites is 1. The van der Waals surface area contributed by atoms with E-state index in [-0.39, 0.29) is 11.5 Å². The van der Waals surface area contributed by atoms with Gasteiger partial charge in [0.1, 0.15) is 0 Å². The zero-order chi connectivity index (χ0) is 19.2. The van der Waals surface area contributed by atoms with Gasteiger partial charge in [0, 0.05) is 19.0 Å². The van der Waals surface area contributed by atoms with Crippen LogP contribution < -0.4 is 10.9 Å². The molecule has 3 rings (SSSR count). The number of benzene rings is 1. The third-order valence-electron chi connectivity index (χ3n) is 4.22. The van der Waals surface area contributed by atoms with Gasteiger partial charge in [-0.3, -0.25) is 14.2 Å². The number of aryl methyl sites for hydroxylation is 1. The Bertz CT molecular complexity index is 975. The standard InChI is InChI=1S/C20H24N4O3/c1-14(2)10-15-11-16(27-23-15)12-21-19(25)8-5-9-24-13-22-18-7-4-3-6-17(18)20(24)26/h3-4,6-7,11,13-14H,5,8-10,12H2,1-2H3,(H,21,25). The fourth-order valence-electron chi connectivity index (χ4n) is 2.90. The van der Waals surface area contributed by atoms with Gasteiger partial charge in [0.05, 0.1) is 29.5 Å². The summed E-state index contributed by atoms with van der Waals surface area (Å²) in [6.45, 7) is 5.01. The van der Waals surface area contributed by atoms with Crippen LogP contribution in [0.15, 0.2) is 46.0 Å². The van der Waals surface area contributed by atoms with Crippen LogP contribution in [0.5, 0.6) is 0 Å². The van der Waals surface area contributed by atoms with Crippen molar-refractivity contribution in [3.8, 4) is 0 Å². The van der Waals surface area contributed by atoms with Crippen LogP contribution in [-0.2, 0) is 24.3 Å². The molecular formula is C20H24N4O3. The summed E-state index contributed by atoms with van der Waals surface area (Å²) in [6.07, 6.45) is 3.27. The summed E-state index contributed by atoms with van der Waals surface area (Å²) in [4.78, 5) is 28.7. The maximum absolute atomic E-state index is 12.4. The van der Waals surface area contributed by atoms with Crippen LogP contribution >= 0.6 is 0 Å². The summed E-state index contributed by atoms with van der Waals surface area (Å²) in [5.41, 5.74) is 1.50. The number of carbonyl (C=O) groups is 1. The first-order valence-corrected chi connectivity index (χ1v) is 9.18. The Hall–Kier alpha value is -2.96. The average molecular weight is 368 g/mol. The van der Waals surface area contributed by atoms with Crippen LogP contribution in [0.4, 0.5) is 0 Å². The van der Waals surface area contributed by atoms with Gasteiger partial charge in [-0.1, -0.05) is 31.1 Å². The van der Waals surface area contributed by atoms with Crippen molar-refractivity contribution < 1.29 is 9.32 Å². The van der Waals surface area contributed by atoms with Crippen LogP contribution in [0, 0.1) is 5.92 Å². The minimum atomic E-state index is -0.0846. The SMILES string of the molecule is CC(C)Cc1cc(CNC(=O)CCCn2cnc3ccccc3c2=O)on1. The average Bonchev–Trinajstić information content (AvgIpc) is 3.09. The summed E-state index contributed by atoms with van der Waals surface area (Å²) >= 11 is 0. The zero-order valence-electron chi connectivity index (χ0n) is 15.6. The molecule has 27 heavy (non-hydrogen) atoms. The predicted octanol–water partition coefficient (Wildman–Crippen LogP) is 2.68. The van der Waals surface area contributed by atoms with Crippen molar-refractivity contribution in [2.75, 3.05) is 0 Å². The number of amides is 1. The molecular weight excluding hydrogens is 344 g/mol. The van der Waals surface area contributed by atoms with Crippen molar-refractivity contribution in [3.63, 3.8) is 0 Å². The third kappa shape index (κ3) is 5.03. The van der Waals surface area contributed by atoms with Crippen LogP contribution in [-0.4, -0.2) is 20.6 Å².